The molecule has 1 N–H and O–H groups in total. The Kier molecular flexibility index (Phi) is 8.05. The lowest BCUT2D eigenvalue weighted by atomic mass is 9.76. The zero-order chi connectivity index (χ0) is 34.3. The van der Waals surface area contributed by atoms with Gasteiger partial charge in [0.05, 0.1) is 16.9 Å². The first kappa shape index (κ1) is 34.0. The molecule has 0 bridgehead atoms. The molecule has 1 saturated heterocycles. The van der Waals surface area contributed by atoms with Crippen molar-refractivity contribution >= 4 is 21.7 Å². The third-order valence-electron chi connectivity index (χ3n) is 9.72. The highest BCUT2D eigenvalue weighted by atomic mass is 32.2. The number of sulfone groups is 1. The van der Waals surface area contributed by atoms with Crippen LogP contribution in [0.2, 0.25) is 0 Å². The van der Waals surface area contributed by atoms with Gasteiger partial charge >= 0.3 is 24.0 Å². The fourth-order valence-electron chi connectivity index (χ4n) is 7.44. The quantitative estimate of drug-likeness (QED) is 0.280. The summed E-state index contributed by atoms with van der Waals surface area (Å²) in [6.45, 7) is 1.42. The van der Waals surface area contributed by atoms with Gasteiger partial charge < -0.3 is 10.0 Å². The van der Waals surface area contributed by atoms with Gasteiger partial charge in [-0.3, -0.25) is 9.59 Å². The highest BCUT2D eigenvalue weighted by Gasteiger charge is 2.74. The summed E-state index contributed by atoms with van der Waals surface area (Å²) in [5.41, 5.74) is -10.8. The van der Waals surface area contributed by atoms with Crippen molar-refractivity contribution in [2.24, 2.45) is 5.92 Å². The number of fused-ring (bicyclic) bond motifs is 3. The van der Waals surface area contributed by atoms with Gasteiger partial charge in [0, 0.05) is 11.6 Å². The van der Waals surface area contributed by atoms with Crippen molar-refractivity contribution in [2.75, 3.05) is 0 Å². The van der Waals surface area contributed by atoms with Crippen molar-refractivity contribution in [3.63, 3.8) is 0 Å². The molecule has 1 amide bonds. The van der Waals surface area contributed by atoms with E-state index in [0.717, 1.165) is 29.2 Å². The summed E-state index contributed by atoms with van der Waals surface area (Å²) in [6, 6.07) is 2.28. The lowest BCUT2D eigenvalue weighted by Crippen LogP contribution is -2.57. The van der Waals surface area contributed by atoms with Gasteiger partial charge in [-0.05, 0) is 87.3 Å². The molecular weight excluding hydrogens is 657 g/mol. The van der Waals surface area contributed by atoms with E-state index in [-0.39, 0.29) is 36.5 Å². The molecule has 252 valence electrons. The van der Waals surface area contributed by atoms with Crippen molar-refractivity contribution in [3.8, 4) is 0 Å². The molecule has 3 aliphatic rings. The van der Waals surface area contributed by atoms with E-state index in [1.54, 1.807) is 0 Å². The molecule has 1 heterocycles. The van der Waals surface area contributed by atoms with E-state index in [1.165, 1.54) is 6.92 Å². The van der Waals surface area contributed by atoms with Crippen LogP contribution in [0, 0.1) is 11.7 Å². The average molecular weight is 686 g/mol. The van der Waals surface area contributed by atoms with Gasteiger partial charge in [0.15, 0.2) is 15.5 Å². The molecule has 16 heteroatoms. The second kappa shape index (κ2) is 10.9. The first-order chi connectivity index (χ1) is 21.1. The number of aliphatic carboxylic acids is 1. The van der Waals surface area contributed by atoms with Gasteiger partial charge in [0.25, 0.3) is 5.91 Å². The summed E-state index contributed by atoms with van der Waals surface area (Å²) in [4.78, 5) is 25.8. The minimum Gasteiger partial charge on any atom is -0.481 e. The molecule has 3 atom stereocenters. The van der Waals surface area contributed by atoms with Crippen molar-refractivity contribution in [2.45, 2.75) is 97.3 Å². The summed E-state index contributed by atoms with van der Waals surface area (Å²) >= 11 is 0. The molecule has 5 rings (SSSR count). The van der Waals surface area contributed by atoms with Gasteiger partial charge in [-0.2, -0.15) is 26.3 Å². The van der Waals surface area contributed by atoms with Gasteiger partial charge in [0.2, 0.25) is 0 Å². The largest absolute Gasteiger partial charge is 0.481 e. The van der Waals surface area contributed by atoms with E-state index < -0.39 is 110 Å². The van der Waals surface area contributed by atoms with Crippen LogP contribution < -0.4 is 0 Å². The molecule has 2 fully saturated rings. The lowest BCUT2D eigenvalue weighted by Gasteiger charge is -2.45. The van der Waals surface area contributed by atoms with Crippen LogP contribution >= 0.6 is 0 Å². The summed E-state index contributed by atoms with van der Waals surface area (Å²) in [5, 5.41) is 9.30. The van der Waals surface area contributed by atoms with E-state index in [9.17, 15) is 53.8 Å². The van der Waals surface area contributed by atoms with Gasteiger partial charge in [-0.15, -0.1) is 0 Å². The number of nitrogens with zero attached hydrogens (tertiary/aromatic N) is 1. The second-order valence-corrected chi connectivity index (χ2v) is 14.5. The van der Waals surface area contributed by atoms with Crippen LogP contribution in [-0.2, 0) is 36.3 Å². The highest BCUT2D eigenvalue weighted by molar-refractivity contribution is 7.92. The Morgan fingerprint density at radius 3 is 2.00 bits per heavy atom. The zero-order valence-corrected chi connectivity index (χ0v) is 24.9. The number of hydrogen-bond acceptors (Lipinski definition) is 4. The standard InChI is InChI=1S/C30H28F9NO5S/c1-16-15-27(46(44,45)21-6-4-20(31)5-7-21)22-8-3-19(28(33,29(34,35)36)30(37,38)39)14-18(22)2-9-23(27)40(16)25(43)26(32)12-10-17(11-13-26)24(41)42/h3-8,14,16-17,23H,2,9-13,15H2,1H3,(H,41,42)/t16-,17?,23?,26?,27?/m1/s1. The van der Waals surface area contributed by atoms with Crippen LogP contribution in [0.15, 0.2) is 47.4 Å². The maximum Gasteiger partial charge on any atom is 0.435 e. The Hall–Kier alpha value is -3.30. The van der Waals surface area contributed by atoms with Crippen LogP contribution in [0.5, 0.6) is 0 Å². The van der Waals surface area contributed by atoms with Crippen LogP contribution in [-0.4, -0.2) is 60.4 Å². The molecule has 2 aliphatic carbocycles. The smallest absolute Gasteiger partial charge is 0.435 e. The van der Waals surface area contributed by atoms with Crippen LogP contribution in [0.1, 0.15) is 62.1 Å². The molecule has 0 radical (unpaired) electrons. The molecule has 0 spiro atoms. The molecule has 1 aliphatic heterocycles. The summed E-state index contributed by atoms with van der Waals surface area (Å²) in [7, 11) is -4.76. The molecule has 2 aromatic carbocycles. The van der Waals surface area contributed by atoms with E-state index in [1.807, 2.05) is 0 Å². The number of benzene rings is 2. The third kappa shape index (κ3) is 4.88. The minimum absolute atomic E-state index is 0.168. The summed E-state index contributed by atoms with van der Waals surface area (Å²) < 4.78 is 153. The Morgan fingerprint density at radius 1 is 0.913 bits per heavy atom. The van der Waals surface area contributed by atoms with Gasteiger partial charge in [-0.1, -0.05) is 18.2 Å². The molecule has 2 aromatic rings. The Morgan fingerprint density at radius 2 is 1.48 bits per heavy atom. The lowest BCUT2D eigenvalue weighted by molar-refractivity contribution is -0.348. The minimum atomic E-state index is -6.42. The summed E-state index contributed by atoms with van der Waals surface area (Å²) in [5.74, 6) is -3.97. The second-order valence-electron chi connectivity index (χ2n) is 12.3. The predicted molar refractivity (Wildman–Crippen MR) is 143 cm³/mol. The highest BCUT2D eigenvalue weighted by Crippen LogP contribution is 2.58. The SMILES string of the molecule is C[C@@H]1CC2(S(=O)(=O)c3ccc(F)cc3)c3ccc(C(F)(C(F)(F)F)C(F)(F)F)cc3CCC2N1C(=O)C1(F)CCC(C(=O)O)CC1. The molecule has 46 heavy (non-hydrogen) atoms. The molecule has 1 saturated carbocycles. The fraction of sp³-hybridized carbons (Fsp3) is 0.533. The van der Waals surface area contributed by atoms with Crippen molar-refractivity contribution in [1.29, 1.82) is 0 Å². The van der Waals surface area contributed by atoms with Crippen LogP contribution in [0.4, 0.5) is 39.5 Å². The summed E-state index contributed by atoms with van der Waals surface area (Å²) in [6.07, 6.45) is -15.3. The van der Waals surface area contributed by atoms with Crippen molar-refractivity contribution < 1.29 is 62.6 Å². The zero-order valence-electron chi connectivity index (χ0n) is 24.1. The van der Waals surface area contributed by atoms with Crippen LogP contribution in [0.3, 0.4) is 0 Å². The van der Waals surface area contributed by atoms with E-state index in [0.29, 0.717) is 12.1 Å². The first-order valence-corrected chi connectivity index (χ1v) is 15.8. The number of likely N-dealkylation sites (tertiary alicyclic amines) is 1. The number of aryl methyl sites for hydroxylation is 1. The topological polar surface area (TPSA) is 91.8 Å². The number of alkyl halides is 8. The molecule has 2 unspecified atom stereocenters. The molecule has 0 aromatic heterocycles. The number of carboxylic acid groups (broad SMARTS) is 1. The van der Waals surface area contributed by atoms with E-state index in [4.69, 9.17) is 0 Å². The maximum absolute atomic E-state index is 16.2. The van der Waals surface area contributed by atoms with Crippen LogP contribution in [0.25, 0.3) is 0 Å². The van der Waals surface area contributed by atoms with Gasteiger partial charge in [0.1, 0.15) is 10.6 Å². The third-order valence-corrected chi connectivity index (χ3v) is 12.2. The number of carbonyl (C=O) groups is 2. The number of amides is 1. The first-order valence-electron chi connectivity index (χ1n) is 14.3. The fourth-order valence-corrected chi connectivity index (χ4v) is 9.90. The van der Waals surface area contributed by atoms with Gasteiger partial charge in [-0.25, -0.2) is 21.6 Å². The van der Waals surface area contributed by atoms with Crippen molar-refractivity contribution in [1.82, 2.24) is 4.90 Å². The number of carboxylic acids is 1. The maximum atomic E-state index is 16.2. The number of halogens is 9. The van der Waals surface area contributed by atoms with Crippen molar-refractivity contribution in [3.05, 3.63) is 65.0 Å². The number of rotatable bonds is 5. The molecule has 6 nitrogen and oxygen atoms in total. The number of hydrogen-bond donors (Lipinski definition) is 1. The predicted octanol–water partition coefficient (Wildman–Crippen LogP) is 6.70. The average Bonchev–Trinajstić information content (AvgIpc) is 3.28. The Balaban J connectivity index is 1.68. The van der Waals surface area contributed by atoms with E-state index >= 15 is 8.78 Å². The normalized spacial score (nSPS) is 28.8. The monoisotopic (exact) mass is 685 g/mol. The number of carbonyl (C=O) groups excluding carboxylic acids is 1. The Labute approximate surface area is 257 Å². The molecular formula is C30H28F9NO5S. The Bertz CT molecular complexity index is 1640. The van der Waals surface area contributed by atoms with E-state index in [2.05, 4.69) is 0 Å².